The molecular weight excluding hydrogens is 244 g/mol. The first-order valence-electron chi connectivity index (χ1n) is 7.14. The highest BCUT2D eigenvalue weighted by Gasteiger charge is 2.15. The molecule has 5 N–H and O–H groups in total. The number of nitrogens with one attached hydrogen (secondary N) is 3. The van der Waals surface area contributed by atoms with E-state index in [2.05, 4.69) is 16.0 Å². The van der Waals surface area contributed by atoms with Gasteiger partial charge in [0.1, 0.15) is 0 Å². The third-order valence-electron chi connectivity index (χ3n) is 3.27. The number of nitrogens with two attached hydrogens (primary N) is 1. The summed E-state index contributed by atoms with van der Waals surface area (Å²) in [5.74, 6) is -0.181. The molecular formula is C13H26N4O2. The maximum absolute atomic E-state index is 11.6. The second-order valence-electron chi connectivity index (χ2n) is 5.28. The van der Waals surface area contributed by atoms with Crippen LogP contribution in [0.3, 0.4) is 0 Å². The lowest BCUT2D eigenvalue weighted by molar-refractivity contribution is -0.120. The SMILES string of the molecule is CC(N)CCNC(=O)CNC(=O)NC1CCCCC1. The molecule has 19 heavy (non-hydrogen) atoms. The first-order chi connectivity index (χ1) is 9.08. The molecule has 0 spiro atoms. The quantitative estimate of drug-likeness (QED) is 0.565. The van der Waals surface area contributed by atoms with Crippen LogP contribution in [0.25, 0.3) is 0 Å². The summed E-state index contributed by atoms with van der Waals surface area (Å²) in [5, 5.41) is 8.18. The summed E-state index contributed by atoms with van der Waals surface area (Å²) in [6.45, 7) is 2.45. The van der Waals surface area contributed by atoms with Gasteiger partial charge in [0.25, 0.3) is 0 Å². The second-order valence-corrected chi connectivity index (χ2v) is 5.28. The minimum Gasteiger partial charge on any atom is -0.355 e. The van der Waals surface area contributed by atoms with Gasteiger partial charge in [-0.3, -0.25) is 4.79 Å². The molecule has 0 saturated heterocycles. The predicted octanol–water partition coefficient (Wildman–Crippen LogP) is 0.472. The Morgan fingerprint density at radius 1 is 1.21 bits per heavy atom. The number of urea groups is 1. The summed E-state index contributed by atoms with van der Waals surface area (Å²) in [4.78, 5) is 23.0. The lowest BCUT2D eigenvalue weighted by atomic mass is 9.96. The monoisotopic (exact) mass is 270 g/mol. The fourth-order valence-electron chi connectivity index (χ4n) is 2.15. The molecule has 6 heteroatoms. The van der Waals surface area contributed by atoms with Crippen molar-refractivity contribution < 1.29 is 9.59 Å². The van der Waals surface area contributed by atoms with Gasteiger partial charge in [-0.1, -0.05) is 19.3 Å². The lowest BCUT2D eigenvalue weighted by Crippen LogP contribution is -2.46. The van der Waals surface area contributed by atoms with E-state index in [1.165, 1.54) is 19.3 Å². The van der Waals surface area contributed by atoms with E-state index in [4.69, 9.17) is 5.73 Å². The van der Waals surface area contributed by atoms with Gasteiger partial charge >= 0.3 is 6.03 Å². The van der Waals surface area contributed by atoms with Crippen molar-refractivity contribution in [2.45, 2.75) is 57.5 Å². The molecule has 110 valence electrons. The number of hydrogen-bond acceptors (Lipinski definition) is 3. The fourth-order valence-corrected chi connectivity index (χ4v) is 2.15. The van der Waals surface area contributed by atoms with Crippen molar-refractivity contribution >= 4 is 11.9 Å². The predicted molar refractivity (Wildman–Crippen MR) is 74.7 cm³/mol. The van der Waals surface area contributed by atoms with Crippen LogP contribution >= 0.6 is 0 Å². The van der Waals surface area contributed by atoms with E-state index in [9.17, 15) is 9.59 Å². The van der Waals surface area contributed by atoms with E-state index < -0.39 is 0 Å². The molecule has 0 aromatic carbocycles. The summed E-state index contributed by atoms with van der Waals surface area (Å²) in [6.07, 6.45) is 6.40. The van der Waals surface area contributed by atoms with Gasteiger partial charge in [0, 0.05) is 18.6 Å². The summed E-state index contributed by atoms with van der Waals surface area (Å²) in [7, 11) is 0. The molecule has 0 aliphatic heterocycles. The summed E-state index contributed by atoms with van der Waals surface area (Å²) >= 11 is 0. The third-order valence-corrected chi connectivity index (χ3v) is 3.27. The molecule has 0 aromatic heterocycles. The van der Waals surface area contributed by atoms with Gasteiger partial charge in [-0.2, -0.15) is 0 Å². The normalized spacial score (nSPS) is 17.6. The van der Waals surface area contributed by atoms with Crippen molar-refractivity contribution in [1.82, 2.24) is 16.0 Å². The van der Waals surface area contributed by atoms with Crippen molar-refractivity contribution in [1.29, 1.82) is 0 Å². The maximum Gasteiger partial charge on any atom is 0.315 e. The number of amides is 3. The Morgan fingerprint density at radius 3 is 2.53 bits per heavy atom. The Morgan fingerprint density at radius 2 is 1.89 bits per heavy atom. The molecule has 0 bridgehead atoms. The largest absolute Gasteiger partial charge is 0.355 e. The van der Waals surface area contributed by atoms with Crippen molar-refractivity contribution in [3.05, 3.63) is 0 Å². The summed E-state index contributed by atoms with van der Waals surface area (Å²) < 4.78 is 0. The molecule has 1 unspecified atom stereocenters. The topological polar surface area (TPSA) is 96.2 Å². The molecule has 0 aromatic rings. The average Bonchev–Trinajstić information content (AvgIpc) is 2.37. The van der Waals surface area contributed by atoms with E-state index in [1.807, 2.05) is 6.92 Å². The Kier molecular flexibility index (Phi) is 7.25. The fraction of sp³-hybridized carbons (Fsp3) is 0.846. The van der Waals surface area contributed by atoms with E-state index in [0.717, 1.165) is 19.3 Å². The first kappa shape index (κ1) is 15.8. The van der Waals surface area contributed by atoms with Crippen LogP contribution in [-0.4, -0.2) is 37.1 Å². The van der Waals surface area contributed by atoms with Crippen LogP contribution < -0.4 is 21.7 Å². The molecule has 0 radical (unpaired) electrons. The number of rotatable bonds is 6. The van der Waals surface area contributed by atoms with Gasteiger partial charge in [0.2, 0.25) is 5.91 Å². The first-order valence-corrected chi connectivity index (χ1v) is 7.14. The van der Waals surface area contributed by atoms with Gasteiger partial charge in [-0.05, 0) is 26.2 Å². The van der Waals surface area contributed by atoms with E-state index in [-0.39, 0.29) is 30.6 Å². The number of hydrogen-bond donors (Lipinski definition) is 4. The molecule has 1 aliphatic rings. The van der Waals surface area contributed by atoms with Crippen LogP contribution in [0.4, 0.5) is 4.79 Å². The highest BCUT2D eigenvalue weighted by atomic mass is 16.2. The third kappa shape index (κ3) is 7.66. The van der Waals surface area contributed by atoms with Crippen LogP contribution in [-0.2, 0) is 4.79 Å². The zero-order chi connectivity index (χ0) is 14.1. The molecule has 1 fully saturated rings. The molecule has 6 nitrogen and oxygen atoms in total. The van der Waals surface area contributed by atoms with Crippen LogP contribution in [0.5, 0.6) is 0 Å². The Labute approximate surface area is 114 Å². The highest BCUT2D eigenvalue weighted by Crippen LogP contribution is 2.16. The van der Waals surface area contributed by atoms with Crippen LogP contribution in [0.15, 0.2) is 0 Å². The second kappa shape index (κ2) is 8.74. The smallest absolute Gasteiger partial charge is 0.315 e. The summed E-state index contributed by atoms with van der Waals surface area (Å²) in [6, 6.07) is 0.0759. The van der Waals surface area contributed by atoms with Gasteiger partial charge in [0.15, 0.2) is 0 Å². The van der Waals surface area contributed by atoms with Crippen molar-refractivity contribution in [3.8, 4) is 0 Å². The minimum absolute atomic E-state index is 0.0114. The molecule has 3 amide bonds. The van der Waals surface area contributed by atoms with Crippen LogP contribution in [0.1, 0.15) is 45.4 Å². The van der Waals surface area contributed by atoms with E-state index in [1.54, 1.807) is 0 Å². The zero-order valence-electron chi connectivity index (χ0n) is 11.7. The minimum atomic E-state index is -0.255. The van der Waals surface area contributed by atoms with Crippen molar-refractivity contribution in [3.63, 3.8) is 0 Å². The van der Waals surface area contributed by atoms with Gasteiger partial charge in [0.05, 0.1) is 6.54 Å². The number of carbonyl (C=O) groups is 2. The molecule has 1 aliphatic carbocycles. The molecule has 1 saturated carbocycles. The molecule has 1 atom stereocenters. The lowest BCUT2D eigenvalue weighted by Gasteiger charge is -2.22. The zero-order valence-corrected chi connectivity index (χ0v) is 11.7. The van der Waals surface area contributed by atoms with E-state index >= 15 is 0 Å². The van der Waals surface area contributed by atoms with Gasteiger partial charge in [-0.15, -0.1) is 0 Å². The molecule has 0 heterocycles. The Hall–Kier alpha value is -1.30. The standard InChI is InChI=1S/C13H26N4O2/c1-10(14)7-8-15-12(18)9-16-13(19)17-11-5-3-2-4-6-11/h10-11H,2-9,14H2,1H3,(H,15,18)(H2,16,17,19). The number of carbonyl (C=O) groups excluding carboxylic acids is 2. The van der Waals surface area contributed by atoms with Crippen LogP contribution in [0.2, 0.25) is 0 Å². The van der Waals surface area contributed by atoms with Crippen molar-refractivity contribution in [2.75, 3.05) is 13.1 Å². The van der Waals surface area contributed by atoms with E-state index in [0.29, 0.717) is 6.54 Å². The van der Waals surface area contributed by atoms with Crippen LogP contribution in [0, 0.1) is 0 Å². The summed E-state index contributed by atoms with van der Waals surface area (Å²) in [5.41, 5.74) is 5.57. The highest BCUT2D eigenvalue weighted by molar-refractivity contribution is 5.83. The van der Waals surface area contributed by atoms with Crippen molar-refractivity contribution in [2.24, 2.45) is 5.73 Å². The molecule has 1 rings (SSSR count). The maximum atomic E-state index is 11.6. The Bertz CT molecular complexity index is 288. The average molecular weight is 270 g/mol. The Balaban J connectivity index is 2.06. The van der Waals surface area contributed by atoms with Gasteiger partial charge in [-0.25, -0.2) is 4.79 Å². The van der Waals surface area contributed by atoms with Gasteiger partial charge < -0.3 is 21.7 Å².